The van der Waals surface area contributed by atoms with Crippen LogP contribution in [-0.4, -0.2) is 33.1 Å². The number of amides is 2. The molecule has 0 saturated heterocycles. The molecular weight excluding hydrogens is 268 g/mol. The van der Waals surface area contributed by atoms with E-state index in [9.17, 15) is 9.90 Å². The molecule has 0 aliphatic heterocycles. The zero-order chi connectivity index (χ0) is 15.3. The summed E-state index contributed by atoms with van der Waals surface area (Å²) in [5.41, 5.74) is 0.881. The molecule has 3 N–H and O–H groups in total. The van der Waals surface area contributed by atoms with Gasteiger partial charge >= 0.3 is 6.03 Å². The Morgan fingerprint density at radius 3 is 2.71 bits per heavy atom. The highest BCUT2D eigenvalue weighted by molar-refractivity contribution is 5.89. The van der Waals surface area contributed by atoms with Crippen LogP contribution in [0, 0.1) is 0 Å². The number of nitrogens with one attached hydrogen (secondary N) is 2. The molecule has 1 aromatic carbocycles. The highest BCUT2D eigenvalue weighted by atomic mass is 16.3. The molecule has 1 unspecified atom stereocenters. The summed E-state index contributed by atoms with van der Waals surface area (Å²) in [7, 11) is 0. The van der Waals surface area contributed by atoms with Crippen molar-refractivity contribution in [3.8, 4) is 5.69 Å². The maximum absolute atomic E-state index is 11.9. The van der Waals surface area contributed by atoms with Crippen LogP contribution in [0.5, 0.6) is 0 Å². The molecule has 1 atom stereocenters. The number of benzene rings is 1. The summed E-state index contributed by atoms with van der Waals surface area (Å²) in [6.07, 6.45) is 3.95. The molecule has 1 aromatic heterocycles. The third-order valence-electron chi connectivity index (χ3n) is 3.41. The third-order valence-corrected chi connectivity index (χ3v) is 3.41. The number of aliphatic hydroxyl groups excluding tert-OH is 1. The molecule has 112 valence electrons. The number of para-hydroxylation sites is 1. The molecule has 2 aromatic rings. The minimum absolute atomic E-state index is 0.111. The standard InChI is InChI=1S/C15H20N4O2/c1-3-15(2,11-20)18-14(21)17-12-9-16-19(10-12)13-7-5-4-6-8-13/h4-10,20H,3,11H2,1-2H3,(H2,17,18,21). The zero-order valence-electron chi connectivity index (χ0n) is 12.2. The first kappa shape index (κ1) is 15.1. The van der Waals surface area contributed by atoms with Gasteiger partial charge in [-0.05, 0) is 25.5 Å². The van der Waals surface area contributed by atoms with Crippen molar-refractivity contribution in [1.82, 2.24) is 15.1 Å². The number of aromatic nitrogens is 2. The molecule has 0 saturated carbocycles. The molecule has 2 amide bonds. The SMILES string of the molecule is CCC(C)(CO)NC(=O)Nc1cnn(-c2ccccc2)c1. The largest absolute Gasteiger partial charge is 0.394 e. The molecule has 1 heterocycles. The molecule has 6 heteroatoms. The maximum Gasteiger partial charge on any atom is 0.319 e. The molecule has 0 radical (unpaired) electrons. The molecule has 0 aliphatic carbocycles. The first-order valence-electron chi connectivity index (χ1n) is 6.86. The van der Waals surface area contributed by atoms with E-state index in [2.05, 4.69) is 15.7 Å². The molecule has 0 spiro atoms. The average molecular weight is 288 g/mol. The van der Waals surface area contributed by atoms with E-state index in [0.717, 1.165) is 5.69 Å². The Hall–Kier alpha value is -2.34. The van der Waals surface area contributed by atoms with E-state index in [-0.39, 0.29) is 12.6 Å². The molecule has 0 bridgehead atoms. The van der Waals surface area contributed by atoms with Gasteiger partial charge in [-0.3, -0.25) is 0 Å². The number of anilines is 1. The topological polar surface area (TPSA) is 79.2 Å². The van der Waals surface area contributed by atoms with Crippen LogP contribution in [-0.2, 0) is 0 Å². The van der Waals surface area contributed by atoms with Crippen molar-refractivity contribution >= 4 is 11.7 Å². The number of carbonyl (C=O) groups is 1. The minimum atomic E-state index is -0.625. The smallest absolute Gasteiger partial charge is 0.319 e. The lowest BCUT2D eigenvalue weighted by Gasteiger charge is -2.26. The van der Waals surface area contributed by atoms with Crippen LogP contribution in [0.3, 0.4) is 0 Å². The second-order valence-corrected chi connectivity index (χ2v) is 5.16. The van der Waals surface area contributed by atoms with Crippen molar-refractivity contribution in [2.75, 3.05) is 11.9 Å². The first-order chi connectivity index (χ1) is 10.1. The third kappa shape index (κ3) is 3.82. The van der Waals surface area contributed by atoms with Crippen LogP contribution < -0.4 is 10.6 Å². The summed E-state index contributed by atoms with van der Waals surface area (Å²) >= 11 is 0. The van der Waals surface area contributed by atoms with E-state index >= 15 is 0 Å². The van der Waals surface area contributed by atoms with Crippen LogP contribution in [0.2, 0.25) is 0 Å². The lowest BCUT2D eigenvalue weighted by atomic mass is 10.0. The van der Waals surface area contributed by atoms with Gasteiger partial charge in [0, 0.05) is 0 Å². The summed E-state index contributed by atoms with van der Waals surface area (Å²) in [4.78, 5) is 11.9. The molecular formula is C15H20N4O2. The fourth-order valence-corrected chi connectivity index (χ4v) is 1.79. The van der Waals surface area contributed by atoms with Crippen molar-refractivity contribution < 1.29 is 9.90 Å². The summed E-state index contributed by atoms with van der Waals surface area (Å²) < 4.78 is 1.68. The molecule has 2 rings (SSSR count). The maximum atomic E-state index is 11.9. The van der Waals surface area contributed by atoms with Gasteiger partial charge in [0.1, 0.15) is 0 Å². The molecule has 0 fully saturated rings. The van der Waals surface area contributed by atoms with Crippen LogP contribution in [0.15, 0.2) is 42.7 Å². The van der Waals surface area contributed by atoms with E-state index in [0.29, 0.717) is 12.1 Å². The summed E-state index contributed by atoms with van der Waals surface area (Å²) in [5, 5.41) is 19.0. The van der Waals surface area contributed by atoms with Gasteiger partial charge in [-0.1, -0.05) is 25.1 Å². The highest BCUT2D eigenvalue weighted by Crippen LogP contribution is 2.12. The number of urea groups is 1. The summed E-state index contributed by atoms with van der Waals surface area (Å²) in [6, 6.07) is 9.27. The van der Waals surface area contributed by atoms with Crippen molar-refractivity contribution in [3.05, 3.63) is 42.7 Å². The Bertz CT molecular complexity index is 591. The fourth-order valence-electron chi connectivity index (χ4n) is 1.79. The number of rotatable bonds is 5. The minimum Gasteiger partial charge on any atom is -0.394 e. The molecule has 0 aliphatic rings. The van der Waals surface area contributed by atoms with E-state index in [4.69, 9.17) is 0 Å². The summed E-state index contributed by atoms with van der Waals surface area (Å²) in [6.45, 7) is 3.59. The van der Waals surface area contributed by atoms with Gasteiger partial charge in [0.05, 0.1) is 35.9 Å². The van der Waals surface area contributed by atoms with E-state index < -0.39 is 5.54 Å². The lowest BCUT2D eigenvalue weighted by Crippen LogP contribution is -2.50. The van der Waals surface area contributed by atoms with Crippen molar-refractivity contribution in [2.45, 2.75) is 25.8 Å². The number of carbonyl (C=O) groups excluding carboxylic acids is 1. The number of aliphatic hydroxyl groups is 1. The van der Waals surface area contributed by atoms with E-state index in [1.165, 1.54) is 0 Å². The van der Waals surface area contributed by atoms with Crippen LogP contribution >= 0.6 is 0 Å². The molecule has 21 heavy (non-hydrogen) atoms. The van der Waals surface area contributed by atoms with Crippen LogP contribution in [0.1, 0.15) is 20.3 Å². The van der Waals surface area contributed by atoms with Gasteiger partial charge in [0.15, 0.2) is 0 Å². The van der Waals surface area contributed by atoms with Gasteiger partial charge in [-0.15, -0.1) is 0 Å². The average Bonchev–Trinajstić information content (AvgIpc) is 2.96. The van der Waals surface area contributed by atoms with Crippen molar-refractivity contribution in [2.24, 2.45) is 0 Å². The Morgan fingerprint density at radius 1 is 1.38 bits per heavy atom. The molecule has 6 nitrogen and oxygen atoms in total. The Balaban J connectivity index is 2.01. The van der Waals surface area contributed by atoms with Crippen LogP contribution in [0.25, 0.3) is 5.69 Å². The van der Waals surface area contributed by atoms with Crippen molar-refractivity contribution in [3.63, 3.8) is 0 Å². The quantitative estimate of drug-likeness (QED) is 0.788. The zero-order valence-corrected chi connectivity index (χ0v) is 12.2. The van der Waals surface area contributed by atoms with Gasteiger partial charge in [-0.25, -0.2) is 9.48 Å². The Labute approximate surface area is 123 Å². The second-order valence-electron chi connectivity index (χ2n) is 5.16. The highest BCUT2D eigenvalue weighted by Gasteiger charge is 2.23. The lowest BCUT2D eigenvalue weighted by molar-refractivity contribution is 0.172. The van der Waals surface area contributed by atoms with Crippen LogP contribution in [0.4, 0.5) is 10.5 Å². The predicted molar refractivity (Wildman–Crippen MR) is 81.5 cm³/mol. The van der Waals surface area contributed by atoms with E-state index in [1.807, 2.05) is 37.3 Å². The van der Waals surface area contributed by atoms with Crippen molar-refractivity contribution in [1.29, 1.82) is 0 Å². The van der Waals surface area contributed by atoms with Gasteiger partial charge in [0.2, 0.25) is 0 Å². The van der Waals surface area contributed by atoms with E-state index in [1.54, 1.807) is 24.0 Å². The summed E-state index contributed by atoms with van der Waals surface area (Å²) in [5.74, 6) is 0. The Morgan fingerprint density at radius 2 is 2.10 bits per heavy atom. The second kappa shape index (κ2) is 6.41. The number of nitrogens with zero attached hydrogens (tertiary/aromatic N) is 2. The number of hydrogen-bond acceptors (Lipinski definition) is 3. The van der Waals surface area contributed by atoms with Gasteiger partial charge in [-0.2, -0.15) is 5.10 Å². The monoisotopic (exact) mass is 288 g/mol. The Kier molecular flexibility index (Phi) is 4.59. The van der Waals surface area contributed by atoms with Gasteiger partial charge in [0.25, 0.3) is 0 Å². The predicted octanol–water partition coefficient (Wildman–Crippen LogP) is 2.15. The first-order valence-corrected chi connectivity index (χ1v) is 6.86. The normalized spacial score (nSPS) is 13.5. The fraction of sp³-hybridized carbons (Fsp3) is 0.333. The van der Waals surface area contributed by atoms with Gasteiger partial charge < -0.3 is 15.7 Å². The number of hydrogen-bond donors (Lipinski definition) is 3.